The molecule has 3 aliphatic carbocycles. The van der Waals surface area contributed by atoms with Crippen molar-refractivity contribution in [3.05, 3.63) is 52.7 Å². The van der Waals surface area contributed by atoms with Crippen molar-refractivity contribution in [2.24, 2.45) is 28.1 Å². The second-order valence-electron chi connectivity index (χ2n) is 21.7. The van der Waals surface area contributed by atoms with E-state index in [0.29, 0.717) is 31.6 Å². The number of thioether (sulfide) groups is 1. The summed E-state index contributed by atoms with van der Waals surface area (Å²) in [4.78, 5) is 85.9. The van der Waals surface area contributed by atoms with Crippen molar-refractivity contribution in [3.63, 3.8) is 0 Å². The van der Waals surface area contributed by atoms with E-state index < -0.39 is 41.0 Å². The molecule has 7 rings (SSSR count). The number of aryl methyl sites for hydroxylation is 1. The lowest BCUT2D eigenvalue weighted by molar-refractivity contribution is -0.165. The molecule has 2 saturated carbocycles. The van der Waals surface area contributed by atoms with Crippen LogP contribution in [0.3, 0.4) is 0 Å². The number of esters is 1. The van der Waals surface area contributed by atoms with Gasteiger partial charge in [-0.15, -0.1) is 11.3 Å². The van der Waals surface area contributed by atoms with Crippen molar-refractivity contribution >= 4 is 57.7 Å². The number of nitrogens with one attached hydrogen (secondary N) is 2. The van der Waals surface area contributed by atoms with Crippen LogP contribution >= 0.6 is 23.1 Å². The molecule has 0 radical (unpaired) electrons. The number of aliphatic hydroxyl groups excluding tert-OH is 1. The molecule has 3 N–H and O–H groups in total. The summed E-state index contributed by atoms with van der Waals surface area (Å²) in [5, 5.41) is 16.4. The fourth-order valence-corrected chi connectivity index (χ4v) is 13.5. The Morgan fingerprint density at radius 1 is 0.971 bits per heavy atom. The number of carbonyl (C=O) groups excluding carboxylic acids is 6. The zero-order valence-corrected chi connectivity index (χ0v) is 43.2. The van der Waals surface area contributed by atoms with Gasteiger partial charge >= 0.3 is 5.97 Å². The summed E-state index contributed by atoms with van der Waals surface area (Å²) >= 11 is 2.89. The number of carbonyl (C=O) groups is 6. The number of ketones is 1. The van der Waals surface area contributed by atoms with Crippen LogP contribution in [0.1, 0.15) is 124 Å². The van der Waals surface area contributed by atoms with Gasteiger partial charge in [-0.2, -0.15) is 0 Å². The summed E-state index contributed by atoms with van der Waals surface area (Å²) in [6, 6.07) is 5.62. The van der Waals surface area contributed by atoms with E-state index in [1.54, 1.807) is 11.3 Å². The summed E-state index contributed by atoms with van der Waals surface area (Å²) in [5.41, 5.74) is 4.30. The third-order valence-electron chi connectivity index (χ3n) is 15.8. The zero-order valence-electron chi connectivity index (χ0n) is 41.6. The zero-order chi connectivity index (χ0) is 49.9. The summed E-state index contributed by atoms with van der Waals surface area (Å²) in [6.45, 7) is 16.1. The maximum atomic E-state index is 14.1. The molecule has 2 aromatic rings. The minimum atomic E-state index is -0.998. The van der Waals surface area contributed by atoms with Crippen LogP contribution in [0.2, 0.25) is 0 Å². The minimum Gasteiger partial charge on any atom is -0.459 e. The Balaban J connectivity index is 0.822. The van der Waals surface area contributed by atoms with Gasteiger partial charge in [0, 0.05) is 36.5 Å². The number of β-amino-alcohol motifs (C(OH)–C–C–N with tert-alkyl or cyclic N) is 1. The number of likely N-dealkylation sites (tertiary alicyclic amines) is 1. The van der Waals surface area contributed by atoms with Crippen LogP contribution in [0.4, 0.5) is 0 Å². The van der Waals surface area contributed by atoms with E-state index in [1.807, 2.05) is 70.5 Å². The number of aromatic nitrogens is 1. The molecule has 3 amide bonds. The molecule has 0 spiro atoms. The van der Waals surface area contributed by atoms with Crippen LogP contribution < -0.4 is 10.6 Å². The van der Waals surface area contributed by atoms with E-state index in [2.05, 4.69) is 36.4 Å². The minimum absolute atomic E-state index is 0.0145. The molecule has 3 heterocycles. The molecule has 1 aromatic carbocycles. The fraction of sp³-hybridized carbons (Fsp3) is 0.673. The molecule has 0 bridgehead atoms. The lowest BCUT2D eigenvalue weighted by Crippen LogP contribution is -2.58. The van der Waals surface area contributed by atoms with Crippen molar-refractivity contribution in [2.45, 2.75) is 148 Å². The first-order valence-electron chi connectivity index (χ1n) is 24.6. The van der Waals surface area contributed by atoms with Gasteiger partial charge in [0.2, 0.25) is 22.8 Å². The molecule has 2 saturated heterocycles. The number of hydrogen-bond donors (Lipinski definition) is 3. The Labute approximate surface area is 415 Å². The molecule has 4 fully saturated rings. The van der Waals surface area contributed by atoms with E-state index in [1.165, 1.54) is 16.7 Å². The van der Waals surface area contributed by atoms with Crippen LogP contribution in [0, 0.1) is 35.0 Å². The van der Waals surface area contributed by atoms with Gasteiger partial charge in [-0.05, 0) is 99.2 Å². The second-order valence-corrected chi connectivity index (χ2v) is 23.8. The Morgan fingerprint density at radius 3 is 2.32 bits per heavy atom. The lowest BCUT2D eigenvalue weighted by atomic mass is 9.48. The topological polar surface area (TPSA) is 200 Å². The molecule has 2 aliphatic heterocycles. The molecule has 17 heteroatoms. The highest BCUT2D eigenvalue weighted by molar-refractivity contribution is 8.14. The van der Waals surface area contributed by atoms with Gasteiger partial charge in [-0.3, -0.25) is 28.8 Å². The van der Waals surface area contributed by atoms with Crippen LogP contribution in [0.15, 0.2) is 41.4 Å². The number of rotatable bonds is 18. The fourth-order valence-electron chi connectivity index (χ4n) is 11.5. The Hall–Kier alpha value is -4.00. The lowest BCUT2D eigenvalue weighted by Gasteiger charge is -2.59. The molecular formula is C52H72N4O11S2. The predicted octanol–water partition coefficient (Wildman–Crippen LogP) is 6.68. The maximum Gasteiger partial charge on any atom is 0.306 e. The van der Waals surface area contributed by atoms with E-state index in [0.717, 1.165) is 53.0 Å². The number of benzene rings is 1. The average molecular weight is 993 g/mol. The molecule has 69 heavy (non-hydrogen) atoms. The normalized spacial score (nSPS) is 29.9. The standard InChI is InChI=1S/C52H72N4O11S2/c1-31(33-9-11-34(12-10-33)45-32(2)53-30-68-45)54-47(62)40-25-37(58)27-56(40)48(63)46(49(3,4)5)55-42(59)28-65-21-19-64-20-22-66-29-44(61)69-41-24-35-23-36(57)13-17-51(35,7)39-14-16-50(6,26-38(39)41)52(8)18-15-43(60)67-52/h9-12,23,30-31,37-41,46,58H,13-22,24-29H2,1-8H3,(H,54,62)(H,55,59)/t31-,37+,38?,39?,40-,41+,46+,50?,51?,52+/m0/s1. The number of cyclic esters (lactones) is 1. The first-order valence-corrected chi connectivity index (χ1v) is 26.3. The van der Waals surface area contributed by atoms with Gasteiger partial charge in [0.25, 0.3) is 0 Å². The highest BCUT2D eigenvalue weighted by Gasteiger charge is 2.60. The second kappa shape index (κ2) is 21.8. The van der Waals surface area contributed by atoms with Gasteiger partial charge in [-0.25, -0.2) is 4.98 Å². The van der Waals surface area contributed by atoms with Crippen LogP contribution in [0.5, 0.6) is 0 Å². The van der Waals surface area contributed by atoms with E-state index in [4.69, 9.17) is 18.9 Å². The van der Waals surface area contributed by atoms with Gasteiger partial charge in [0.05, 0.1) is 54.7 Å². The van der Waals surface area contributed by atoms with E-state index in [-0.39, 0.29) is 103 Å². The third-order valence-corrected chi connectivity index (χ3v) is 18.0. The highest BCUT2D eigenvalue weighted by Crippen LogP contribution is 2.64. The molecule has 4 unspecified atom stereocenters. The number of ether oxygens (including phenoxy) is 4. The number of thiazole rings is 1. The SMILES string of the molecule is Cc1ncsc1-c1ccc([C@H](C)NC(=O)[C@@H]2C[C@@H](O)CN2C(=O)[C@@H](NC(=O)COCCOCCOCC(=O)S[C@@H]2CC3=CC(=O)CCC3(C)C3CCC(C)([C@@]4(C)CCC(=O)O4)CC32)C(C)(C)C)cc1. The van der Waals surface area contributed by atoms with Crippen molar-refractivity contribution in [2.75, 3.05) is 46.2 Å². The first-order chi connectivity index (χ1) is 32.6. The number of amides is 3. The van der Waals surface area contributed by atoms with Gasteiger partial charge < -0.3 is 39.6 Å². The molecule has 15 nitrogen and oxygen atoms in total. The molecule has 1 aromatic heterocycles. The van der Waals surface area contributed by atoms with Crippen LogP contribution in [-0.2, 0) is 47.7 Å². The Bertz CT molecular complexity index is 2260. The van der Waals surface area contributed by atoms with Crippen LogP contribution in [-0.4, -0.2) is 125 Å². The molecule has 378 valence electrons. The first kappa shape index (κ1) is 52.8. The monoisotopic (exact) mass is 992 g/mol. The highest BCUT2D eigenvalue weighted by atomic mass is 32.2. The largest absolute Gasteiger partial charge is 0.459 e. The van der Waals surface area contributed by atoms with Gasteiger partial charge in [0.1, 0.15) is 30.9 Å². The predicted molar refractivity (Wildman–Crippen MR) is 263 cm³/mol. The van der Waals surface area contributed by atoms with Gasteiger partial charge in [0.15, 0.2) is 5.78 Å². The van der Waals surface area contributed by atoms with E-state index in [9.17, 15) is 33.9 Å². The van der Waals surface area contributed by atoms with Crippen molar-refractivity contribution in [1.82, 2.24) is 20.5 Å². The van der Waals surface area contributed by atoms with Crippen molar-refractivity contribution in [1.29, 1.82) is 0 Å². The maximum absolute atomic E-state index is 14.1. The summed E-state index contributed by atoms with van der Waals surface area (Å²) in [6.07, 6.45) is 6.95. The third kappa shape index (κ3) is 12.0. The average Bonchev–Trinajstić information content (AvgIpc) is 4.02. The van der Waals surface area contributed by atoms with E-state index >= 15 is 0 Å². The number of hydrogen-bond acceptors (Lipinski definition) is 14. The van der Waals surface area contributed by atoms with Crippen molar-refractivity contribution in [3.8, 4) is 10.4 Å². The number of allylic oxidation sites excluding steroid dienone is 2. The summed E-state index contributed by atoms with van der Waals surface area (Å²) < 4.78 is 22.9. The quantitative estimate of drug-likeness (QED) is 0.106. The van der Waals surface area contributed by atoms with Crippen LogP contribution in [0.25, 0.3) is 10.4 Å². The number of nitrogens with zero attached hydrogens (tertiary/aromatic N) is 2. The Morgan fingerprint density at radius 2 is 1.67 bits per heavy atom. The number of fused-ring (bicyclic) bond motifs is 3. The molecular weight excluding hydrogens is 921 g/mol. The van der Waals surface area contributed by atoms with Gasteiger partial charge in [-0.1, -0.05) is 76.2 Å². The molecule has 5 aliphatic rings. The number of aliphatic hydroxyl groups is 1. The summed E-state index contributed by atoms with van der Waals surface area (Å²) in [7, 11) is 0. The smallest absolute Gasteiger partial charge is 0.306 e. The Kier molecular flexibility index (Phi) is 16.7. The summed E-state index contributed by atoms with van der Waals surface area (Å²) in [5.74, 6) is -0.791. The van der Waals surface area contributed by atoms with Crippen molar-refractivity contribution < 1.29 is 52.8 Å². The molecule has 10 atom stereocenters.